The molecule has 19 heavy (non-hydrogen) atoms. The van der Waals surface area contributed by atoms with E-state index in [1.165, 1.54) is 38.8 Å². The van der Waals surface area contributed by atoms with Gasteiger partial charge in [-0.3, -0.25) is 9.69 Å². The van der Waals surface area contributed by atoms with Gasteiger partial charge >= 0.3 is 5.97 Å². The van der Waals surface area contributed by atoms with E-state index in [-0.39, 0.29) is 0 Å². The first kappa shape index (κ1) is 13.4. The van der Waals surface area contributed by atoms with Gasteiger partial charge in [0.1, 0.15) is 5.54 Å². The number of likely N-dealkylation sites (N-methyl/N-ethyl adjacent to an activating group) is 1. The lowest BCUT2D eigenvalue weighted by molar-refractivity contribution is -0.144. The van der Waals surface area contributed by atoms with Crippen molar-refractivity contribution in [1.82, 2.24) is 10.2 Å². The number of carboxylic acid groups (broad SMARTS) is 1. The number of piperidine rings is 1. The summed E-state index contributed by atoms with van der Waals surface area (Å²) in [4.78, 5) is 14.1. The molecule has 4 heteroatoms. The van der Waals surface area contributed by atoms with Gasteiger partial charge in [0.15, 0.2) is 0 Å². The van der Waals surface area contributed by atoms with Gasteiger partial charge in [0, 0.05) is 19.1 Å². The fraction of sp³-hybridized carbons (Fsp3) is 0.933. The summed E-state index contributed by atoms with van der Waals surface area (Å²) in [5.41, 5.74) is -0.669. The number of nitrogens with zero attached hydrogens (tertiary/aromatic N) is 1. The van der Waals surface area contributed by atoms with E-state index < -0.39 is 11.5 Å². The van der Waals surface area contributed by atoms with Gasteiger partial charge in [0.25, 0.3) is 0 Å². The SMILES string of the molecule is CNC1(C(=O)O)CCC(N2CC3CCCC(C3)C2)C1. The van der Waals surface area contributed by atoms with Crippen LogP contribution in [0.5, 0.6) is 0 Å². The highest BCUT2D eigenvalue weighted by Crippen LogP contribution is 2.39. The maximum Gasteiger partial charge on any atom is 0.323 e. The molecule has 2 bridgehead atoms. The molecule has 4 atom stereocenters. The lowest BCUT2D eigenvalue weighted by Crippen LogP contribution is -2.51. The van der Waals surface area contributed by atoms with Crippen molar-refractivity contribution in [3.63, 3.8) is 0 Å². The number of carboxylic acids is 1. The van der Waals surface area contributed by atoms with Crippen molar-refractivity contribution in [3.05, 3.63) is 0 Å². The van der Waals surface area contributed by atoms with E-state index in [4.69, 9.17) is 0 Å². The molecule has 2 N–H and O–H groups in total. The third kappa shape index (κ3) is 2.40. The van der Waals surface area contributed by atoms with Gasteiger partial charge in [-0.05, 0) is 57.4 Å². The highest BCUT2D eigenvalue weighted by Gasteiger charge is 2.47. The largest absolute Gasteiger partial charge is 0.480 e. The molecule has 0 aromatic rings. The number of aliphatic carboxylic acids is 1. The first-order valence-electron chi connectivity index (χ1n) is 7.79. The fourth-order valence-electron chi connectivity index (χ4n) is 4.63. The number of hydrogen-bond acceptors (Lipinski definition) is 3. The molecular weight excluding hydrogens is 240 g/mol. The Labute approximate surface area is 115 Å². The summed E-state index contributed by atoms with van der Waals surface area (Å²) < 4.78 is 0. The van der Waals surface area contributed by atoms with Crippen molar-refractivity contribution in [2.75, 3.05) is 20.1 Å². The van der Waals surface area contributed by atoms with Crippen LogP contribution in [0.4, 0.5) is 0 Å². The van der Waals surface area contributed by atoms with Gasteiger partial charge in [-0.25, -0.2) is 0 Å². The maximum atomic E-state index is 11.5. The van der Waals surface area contributed by atoms with Crippen molar-refractivity contribution >= 4 is 5.97 Å². The molecular formula is C15H26N2O2. The smallest absolute Gasteiger partial charge is 0.323 e. The highest BCUT2D eigenvalue weighted by atomic mass is 16.4. The van der Waals surface area contributed by atoms with Crippen LogP contribution in [0, 0.1) is 11.8 Å². The summed E-state index contributed by atoms with van der Waals surface area (Å²) in [6.07, 6.45) is 8.18. The molecule has 0 aromatic heterocycles. The van der Waals surface area contributed by atoms with Crippen LogP contribution in [-0.2, 0) is 4.79 Å². The molecule has 1 saturated heterocycles. The molecule has 2 aliphatic carbocycles. The molecule has 108 valence electrons. The molecule has 2 saturated carbocycles. The van der Waals surface area contributed by atoms with E-state index in [0.717, 1.165) is 31.1 Å². The zero-order valence-corrected chi connectivity index (χ0v) is 11.9. The molecule has 4 nitrogen and oxygen atoms in total. The average molecular weight is 266 g/mol. The van der Waals surface area contributed by atoms with Crippen molar-refractivity contribution in [2.24, 2.45) is 11.8 Å². The van der Waals surface area contributed by atoms with E-state index in [9.17, 15) is 9.90 Å². The number of rotatable bonds is 3. The molecule has 3 aliphatic rings. The van der Waals surface area contributed by atoms with Crippen molar-refractivity contribution < 1.29 is 9.90 Å². The van der Waals surface area contributed by atoms with E-state index in [1.54, 1.807) is 7.05 Å². The quantitative estimate of drug-likeness (QED) is 0.816. The zero-order valence-electron chi connectivity index (χ0n) is 11.9. The van der Waals surface area contributed by atoms with Crippen molar-refractivity contribution in [2.45, 2.75) is 56.5 Å². The summed E-state index contributed by atoms with van der Waals surface area (Å²) in [6, 6.07) is 0.479. The van der Waals surface area contributed by atoms with Crippen molar-refractivity contribution in [3.8, 4) is 0 Å². The minimum absolute atomic E-state index is 0.479. The normalized spacial score (nSPS) is 43.3. The van der Waals surface area contributed by atoms with Crippen LogP contribution in [0.2, 0.25) is 0 Å². The Bertz CT molecular complexity index is 348. The summed E-state index contributed by atoms with van der Waals surface area (Å²) in [5.74, 6) is 1.08. The van der Waals surface area contributed by atoms with Gasteiger partial charge in [-0.1, -0.05) is 6.42 Å². The predicted molar refractivity (Wildman–Crippen MR) is 74.1 cm³/mol. The van der Waals surface area contributed by atoms with Crippen LogP contribution in [0.15, 0.2) is 0 Å². The van der Waals surface area contributed by atoms with Crippen LogP contribution >= 0.6 is 0 Å². The first-order valence-corrected chi connectivity index (χ1v) is 7.79. The van der Waals surface area contributed by atoms with E-state index in [2.05, 4.69) is 10.2 Å². The predicted octanol–water partition coefficient (Wildman–Crippen LogP) is 1.70. The average Bonchev–Trinajstić information content (AvgIpc) is 2.84. The highest BCUT2D eigenvalue weighted by molar-refractivity contribution is 5.79. The Morgan fingerprint density at radius 2 is 1.95 bits per heavy atom. The monoisotopic (exact) mass is 266 g/mol. The molecule has 0 spiro atoms. The summed E-state index contributed by atoms with van der Waals surface area (Å²) in [5, 5.41) is 12.5. The lowest BCUT2D eigenvalue weighted by atomic mass is 9.77. The Hall–Kier alpha value is -0.610. The number of likely N-dealkylation sites (tertiary alicyclic amines) is 1. The Kier molecular flexibility index (Phi) is 3.56. The van der Waals surface area contributed by atoms with Gasteiger partial charge in [-0.15, -0.1) is 0 Å². The van der Waals surface area contributed by atoms with Crippen LogP contribution in [0.25, 0.3) is 0 Å². The second kappa shape index (κ2) is 5.06. The number of hydrogen-bond donors (Lipinski definition) is 2. The summed E-state index contributed by atoms with van der Waals surface area (Å²) >= 11 is 0. The number of fused-ring (bicyclic) bond motifs is 2. The maximum absolute atomic E-state index is 11.5. The summed E-state index contributed by atoms with van der Waals surface area (Å²) in [6.45, 7) is 2.42. The van der Waals surface area contributed by atoms with Gasteiger partial charge in [0.2, 0.25) is 0 Å². The summed E-state index contributed by atoms with van der Waals surface area (Å²) in [7, 11) is 1.79. The van der Waals surface area contributed by atoms with Crippen molar-refractivity contribution in [1.29, 1.82) is 0 Å². The Morgan fingerprint density at radius 1 is 1.26 bits per heavy atom. The zero-order chi connectivity index (χ0) is 13.5. The first-order chi connectivity index (χ1) is 9.13. The standard InChI is InChI=1S/C15H26N2O2/c1-16-15(14(18)19)6-5-13(8-15)17-9-11-3-2-4-12(7-11)10-17/h11-13,16H,2-10H2,1H3,(H,18,19). The minimum atomic E-state index is -0.672. The Morgan fingerprint density at radius 3 is 2.47 bits per heavy atom. The third-order valence-corrected chi connectivity index (χ3v) is 5.77. The molecule has 0 radical (unpaired) electrons. The van der Waals surface area contributed by atoms with E-state index >= 15 is 0 Å². The molecule has 4 unspecified atom stereocenters. The molecule has 1 heterocycles. The minimum Gasteiger partial charge on any atom is -0.480 e. The second-order valence-corrected chi connectivity index (χ2v) is 6.89. The topological polar surface area (TPSA) is 52.6 Å². The molecule has 0 aromatic carbocycles. The van der Waals surface area contributed by atoms with Crippen LogP contribution in [0.1, 0.15) is 44.9 Å². The number of carbonyl (C=O) groups is 1. The van der Waals surface area contributed by atoms with Crippen LogP contribution < -0.4 is 5.32 Å². The van der Waals surface area contributed by atoms with Gasteiger partial charge in [0.05, 0.1) is 0 Å². The second-order valence-electron chi connectivity index (χ2n) is 6.89. The van der Waals surface area contributed by atoms with Gasteiger partial charge in [-0.2, -0.15) is 0 Å². The molecule has 1 aliphatic heterocycles. The van der Waals surface area contributed by atoms with Crippen LogP contribution in [0.3, 0.4) is 0 Å². The Balaban J connectivity index is 1.66. The molecule has 3 fully saturated rings. The molecule has 3 rings (SSSR count). The van der Waals surface area contributed by atoms with Gasteiger partial charge < -0.3 is 10.4 Å². The third-order valence-electron chi connectivity index (χ3n) is 5.77. The number of nitrogens with one attached hydrogen (secondary N) is 1. The fourth-order valence-corrected chi connectivity index (χ4v) is 4.63. The van der Waals surface area contributed by atoms with E-state index in [0.29, 0.717) is 6.04 Å². The molecule has 0 amide bonds. The lowest BCUT2D eigenvalue weighted by Gasteiger charge is -2.44. The van der Waals surface area contributed by atoms with E-state index in [1.807, 2.05) is 0 Å². The van der Waals surface area contributed by atoms with Crippen LogP contribution in [-0.4, -0.2) is 47.7 Å².